The Morgan fingerprint density at radius 1 is 1.03 bits per heavy atom. The minimum atomic E-state index is -0.161. The van der Waals surface area contributed by atoms with E-state index in [0.29, 0.717) is 17.9 Å². The van der Waals surface area contributed by atoms with Gasteiger partial charge in [-0.1, -0.05) is 29.8 Å². The summed E-state index contributed by atoms with van der Waals surface area (Å²) >= 11 is 0. The highest BCUT2D eigenvalue weighted by molar-refractivity contribution is 6.04. The average Bonchev–Trinajstić information content (AvgIpc) is 3.13. The molecule has 0 saturated heterocycles. The lowest BCUT2D eigenvalue weighted by atomic mass is 10.1. The Morgan fingerprint density at radius 3 is 2.69 bits per heavy atom. The quantitative estimate of drug-likeness (QED) is 0.520. The number of anilines is 1. The summed E-state index contributed by atoms with van der Waals surface area (Å²) in [6, 6.07) is 17.2. The van der Waals surface area contributed by atoms with Crippen LogP contribution in [0, 0.1) is 20.8 Å². The molecule has 0 atom stereocenters. The molecule has 0 aliphatic carbocycles. The maximum Gasteiger partial charge on any atom is 0.255 e. The molecule has 2 aromatic carbocycles. The third kappa shape index (κ3) is 4.14. The third-order valence-electron chi connectivity index (χ3n) is 4.84. The van der Waals surface area contributed by atoms with Gasteiger partial charge in [0.1, 0.15) is 18.0 Å². The number of nitrogens with zero attached hydrogens (tertiary/aromatic N) is 2. The fourth-order valence-corrected chi connectivity index (χ4v) is 3.31. The number of ether oxygens (including phenoxy) is 1. The van der Waals surface area contributed by atoms with Gasteiger partial charge in [-0.2, -0.15) is 0 Å². The second-order valence-electron chi connectivity index (χ2n) is 7.24. The first kappa shape index (κ1) is 18.7. The number of benzene rings is 2. The number of nitrogens with one attached hydrogen (secondary N) is 1. The molecule has 0 unspecified atom stereocenters. The molecule has 2 heterocycles. The van der Waals surface area contributed by atoms with E-state index in [9.17, 15) is 4.79 Å². The number of pyridine rings is 1. The van der Waals surface area contributed by atoms with Crippen molar-refractivity contribution in [3.8, 4) is 5.75 Å². The van der Waals surface area contributed by atoms with Crippen molar-refractivity contribution < 1.29 is 9.53 Å². The molecule has 5 heteroatoms. The molecule has 0 radical (unpaired) electrons. The summed E-state index contributed by atoms with van der Waals surface area (Å²) in [5.74, 6) is 0.470. The van der Waals surface area contributed by atoms with Crippen LogP contribution in [0.3, 0.4) is 0 Å². The highest BCUT2D eigenvalue weighted by atomic mass is 16.5. The van der Waals surface area contributed by atoms with Gasteiger partial charge in [-0.25, -0.2) is 4.98 Å². The van der Waals surface area contributed by atoms with E-state index in [4.69, 9.17) is 4.74 Å². The van der Waals surface area contributed by atoms with E-state index in [1.165, 1.54) is 0 Å². The molecular formula is C24H23N3O2. The number of hydrogen-bond donors (Lipinski definition) is 1. The summed E-state index contributed by atoms with van der Waals surface area (Å²) in [5, 5.41) is 2.97. The molecule has 0 aliphatic rings. The van der Waals surface area contributed by atoms with E-state index in [-0.39, 0.29) is 5.91 Å². The smallest absolute Gasteiger partial charge is 0.255 e. The first-order valence-corrected chi connectivity index (χ1v) is 9.54. The van der Waals surface area contributed by atoms with E-state index in [2.05, 4.69) is 10.3 Å². The zero-order valence-electron chi connectivity index (χ0n) is 16.8. The van der Waals surface area contributed by atoms with Crippen molar-refractivity contribution in [2.75, 3.05) is 5.32 Å². The summed E-state index contributed by atoms with van der Waals surface area (Å²) in [4.78, 5) is 17.3. The molecule has 0 spiro atoms. The molecule has 0 aliphatic heterocycles. The average molecular weight is 385 g/mol. The summed E-state index contributed by atoms with van der Waals surface area (Å²) < 4.78 is 7.87. The topological polar surface area (TPSA) is 55.6 Å². The third-order valence-corrected chi connectivity index (χ3v) is 4.84. The van der Waals surface area contributed by atoms with Crippen LogP contribution in [0.15, 0.2) is 67.0 Å². The number of hydrogen-bond acceptors (Lipinski definition) is 3. The first-order valence-electron chi connectivity index (χ1n) is 9.54. The van der Waals surface area contributed by atoms with Crippen LogP contribution in [0.5, 0.6) is 5.75 Å². The van der Waals surface area contributed by atoms with Crippen LogP contribution in [0.1, 0.15) is 32.7 Å². The summed E-state index contributed by atoms with van der Waals surface area (Å²) in [5.41, 5.74) is 6.44. The zero-order valence-corrected chi connectivity index (χ0v) is 16.8. The van der Waals surface area contributed by atoms with Gasteiger partial charge in [-0.15, -0.1) is 0 Å². The van der Waals surface area contributed by atoms with Gasteiger partial charge in [0.25, 0.3) is 5.91 Å². The van der Waals surface area contributed by atoms with E-state index in [0.717, 1.165) is 33.7 Å². The normalized spacial score (nSPS) is 10.9. The van der Waals surface area contributed by atoms with Crippen molar-refractivity contribution in [1.82, 2.24) is 9.38 Å². The van der Waals surface area contributed by atoms with Crippen molar-refractivity contribution in [1.29, 1.82) is 0 Å². The molecular weight excluding hydrogens is 362 g/mol. The Morgan fingerprint density at radius 2 is 1.90 bits per heavy atom. The van der Waals surface area contributed by atoms with Crippen LogP contribution in [-0.2, 0) is 6.61 Å². The van der Waals surface area contributed by atoms with Gasteiger partial charge in [0, 0.05) is 23.6 Å². The SMILES string of the molecule is Cc1ccc(NC(=O)c2cccc(OCc3cn4cccc(C)c4n3)c2)c(C)c1. The molecule has 1 amide bonds. The minimum absolute atomic E-state index is 0.161. The number of fused-ring (bicyclic) bond motifs is 1. The van der Waals surface area contributed by atoms with Crippen LogP contribution in [0.4, 0.5) is 5.69 Å². The van der Waals surface area contributed by atoms with E-state index in [1.54, 1.807) is 12.1 Å². The van der Waals surface area contributed by atoms with Crippen LogP contribution in [-0.4, -0.2) is 15.3 Å². The van der Waals surface area contributed by atoms with E-state index < -0.39 is 0 Å². The number of amides is 1. The molecule has 4 aromatic rings. The Bertz CT molecular complexity index is 1190. The molecule has 0 saturated carbocycles. The van der Waals surface area contributed by atoms with Crippen molar-refractivity contribution in [2.24, 2.45) is 0 Å². The molecule has 146 valence electrons. The lowest BCUT2D eigenvalue weighted by Crippen LogP contribution is -2.13. The van der Waals surface area contributed by atoms with Crippen LogP contribution in [0.25, 0.3) is 5.65 Å². The predicted octanol–water partition coefficient (Wildman–Crippen LogP) is 5.09. The fourth-order valence-electron chi connectivity index (χ4n) is 3.31. The van der Waals surface area contributed by atoms with Gasteiger partial charge in [-0.05, 0) is 62.2 Å². The minimum Gasteiger partial charge on any atom is -0.487 e. The molecule has 4 rings (SSSR count). The van der Waals surface area contributed by atoms with Crippen molar-refractivity contribution in [2.45, 2.75) is 27.4 Å². The zero-order chi connectivity index (χ0) is 20.4. The highest BCUT2D eigenvalue weighted by Crippen LogP contribution is 2.20. The molecule has 1 N–H and O–H groups in total. The van der Waals surface area contributed by atoms with E-state index >= 15 is 0 Å². The lowest BCUT2D eigenvalue weighted by molar-refractivity contribution is 0.102. The fraction of sp³-hybridized carbons (Fsp3) is 0.167. The van der Waals surface area contributed by atoms with Gasteiger partial charge in [0.2, 0.25) is 0 Å². The summed E-state index contributed by atoms with van der Waals surface area (Å²) in [7, 11) is 0. The van der Waals surface area contributed by atoms with Crippen molar-refractivity contribution >= 4 is 17.2 Å². The van der Waals surface area contributed by atoms with Gasteiger partial charge < -0.3 is 14.5 Å². The Hall–Kier alpha value is -3.60. The monoisotopic (exact) mass is 385 g/mol. The molecule has 0 bridgehead atoms. The largest absolute Gasteiger partial charge is 0.487 e. The Kier molecular flexibility index (Phi) is 5.04. The van der Waals surface area contributed by atoms with Gasteiger partial charge in [0.15, 0.2) is 0 Å². The molecule has 2 aromatic heterocycles. The van der Waals surface area contributed by atoms with Crippen LogP contribution in [0.2, 0.25) is 0 Å². The molecule has 29 heavy (non-hydrogen) atoms. The number of aryl methyl sites for hydroxylation is 3. The highest BCUT2D eigenvalue weighted by Gasteiger charge is 2.10. The number of carbonyl (C=O) groups excluding carboxylic acids is 1. The van der Waals surface area contributed by atoms with Gasteiger partial charge in [-0.3, -0.25) is 4.79 Å². The number of aromatic nitrogens is 2. The lowest BCUT2D eigenvalue weighted by Gasteiger charge is -2.10. The van der Waals surface area contributed by atoms with Crippen molar-refractivity contribution in [3.05, 3.63) is 94.9 Å². The Labute approximate surface area is 170 Å². The Balaban J connectivity index is 1.46. The van der Waals surface area contributed by atoms with Gasteiger partial charge >= 0.3 is 0 Å². The summed E-state index contributed by atoms with van der Waals surface area (Å²) in [6.45, 7) is 6.39. The maximum absolute atomic E-state index is 12.7. The summed E-state index contributed by atoms with van der Waals surface area (Å²) in [6.07, 6.45) is 3.93. The number of imidazole rings is 1. The second kappa shape index (κ2) is 7.80. The first-order chi connectivity index (χ1) is 14.0. The standard InChI is InChI=1S/C24H23N3O2/c1-16-9-10-22(18(3)12-16)26-24(28)19-7-4-8-21(13-19)29-15-20-14-27-11-5-6-17(2)23(27)25-20/h4-14H,15H2,1-3H3,(H,26,28). The van der Waals surface area contributed by atoms with E-state index in [1.807, 2.05) is 80.0 Å². The van der Waals surface area contributed by atoms with Crippen LogP contribution < -0.4 is 10.1 Å². The predicted molar refractivity (Wildman–Crippen MR) is 115 cm³/mol. The van der Waals surface area contributed by atoms with Crippen molar-refractivity contribution in [3.63, 3.8) is 0 Å². The molecule has 0 fully saturated rings. The maximum atomic E-state index is 12.7. The van der Waals surface area contributed by atoms with Gasteiger partial charge in [0.05, 0.1) is 5.69 Å². The number of carbonyl (C=O) groups is 1. The molecule has 5 nitrogen and oxygen atoms in total. The second-order valence-corrected chi connectivity index (χ2v) is 7.24. The van der Waals surface area contributed by atoms with Crippen LogP contribution >= 0.6 is 0 Å². The number of rotatable bonds is 5.